The smallest absolute Gasteiger partial charge is 0.228 e. The maximum atomic E-state index is 12.2. The van der Waals surface area contributed by atoms with E-state index in [1.54, 1.807) is 4.68 Å². The van der Waals surface area contributed by atoms with Crippen molar-refractivity contribution in [1.82, 2.24) is 9.78 Å². The number of halogens is 1. The molecular weight excluding hydrogens is 330 g/mol. The molecule has 0 saturated heterocycles. The van der Waals surface area contributed by atoms with Crippen LogP contribution in [-0.2, 0) is 11.8 Å². The number of anilines is 1. The van der Waals surface area contributed by atoms with Gasteiger partial charge in [0.15, 0.2) is 0 Å². The van der Waals surface area contributed by atoms with E-state index >= 15 is 0 Å². The standard InChI is InChI=1S/C16H18BrN3O/c1-9-8-13(9)16(21)18-15-14(10(2)19-20(15)3)11-4-6-12(17)7-5-11/h4-7,9,13H,8H2,1-3H3,(H,18,21)/t9-,13-/m0/s1. The Hall–Kier alpha value is -1.62. The van der Waals surface area contributed by atoms with Gasteiger partial charge in [-0.05, 0) is 37.0 Å². The molecular formula is C16H18BrN3O. The molecule has 1 saturated carbocycles. The summed E-state index contributed by atoms with van der Waals surface area (Å²) in [5.74, 6) is 1.52. The average molecular weight is 348 g/mol. The molecule has 110 valence electrons. The van der Waals surface area contributed by atoms with Crippen LogP contribution in [0, 0.1) is 18.8 Å². The fourth-order valence-corrected chi connectivity index (χ4v) is 2.92. The van der Waals surface area contributed by atoms with Crippen LogP contribution in [0.4, 0.5) is 5.82 Å². The second-order valence-corrected chi connectivity index (χ2v) is 6.66. The molecule has 0 spiro atoms. The van der Waals surface area contributed by atoms with Crippen LogP contribution in [0.15, 0.2) is 28.7 Å². The van der Waals surface area contributed by atoms with Crippen LogP contribution < -0.4 is 5.32 Å². The average Bonchev–Trinajstić information content (AvgIpc) is 3.10. The molecule has 0 bridgehead atoms. The number of hydrogen-bond acceptors (Lipinski definition) is 2. The first-order valence-electron chi connectivity index (χ1n) is 7.07. The summed E-state index contributed by atoms with van der Waals surface area (Å²) in [5.41, 5.74) is 2.97. The predicted octanol–water partition coefficient (Wildman–Crippen LogP) is 3.75. The largest absolute Gasteiger partial charge is 0.310 e. The lowest BCUT2D eigenvalue weighted by molar-refractivity contribution is -0.117. The monoisotopic (exact) mass is 347 g/mol. The topological polar surface area (TPSA) is 46.9 Å². The van der Waals surface area contributed by atoms with E-state index in [0.29, 0.717) is 5.92 Å². The van der Waals surface area contributed by atoms with Gasteiger partial charge in [0.05, 0.1) is 5.69 Å². The van der Waals surface area contributed by atoms with E-state index in [1.807, 2.05) is 38.2 Å². The lowest BCUT2D eigenvalue weighted by Gasteiger charge is -2.09. The van der Waals surface area contributed by atoms with Crippen LogP contribution in [0.2, 0.25) is 0 Å². The number of carbonyl (C=O) groups is 1. The number of nitrogens with zero attached hydrogens (tertiary/aromatic N) is 2. The molecule has 3 rings (SSSR count). The molecule has 1 amide bonds. The van der Waals surface area contributed by atoms with Crippen molar-refractivity contribution in [3.8, 4) is 11.1 Å². The van der Waals surface area contributed by atoms with Gasteiger partial charge in [-0.1, -0.05) is 35.0 Å². The minimum absolute atomic E-state index is 0.101. The van der Waals surface area contributed by atoms with Gasteiger partial charge in [-0.25, -0.2) is 0 Å². The van der Waals surface area contributed by atoms with E-state index in [9.17, 15) is 4.79 Å². The van der Waals surface area contributed by atoms with Gasteiger partial charge in [0.25, 0.3) is 0 Å². The molecule has 1 aliphatic rings. The van der Waals surface area contributed by atoms with Crippen LogP contribution in [0.3, 0.4) is 0 Å². The predicted molar refractivity (Wildman–Crippen MR) is 87.0 cm³/mol. The van der Waals surface area contributed by atoms with Crippen molar-refractivity contribution in [3.63, 3.8) is 0 Å². The third kappa shape index (κ3) is 2.75. The lowest BCUT2D eigenvalue weighted by Crippen LogP contribution is -2.17. The quantitative estimate of drug-likeness (QED) is 0.918. The summed E-state index contributed by atoms with van der Waals surface area (Å²) in [7, 11) is 1.86. The van der Waals surface area contributed by atoms with E-state index in [4.69, 9.17) is 0 Å². The fourth-order valence-electron chi connectivity index (χ4n) is 2.66. The van der Waals surface area contributed by atoms with Crippen molar-refractivity contribution in [3.05, 3.63) is 34.4 Å². The SMILES string of the molecule is Cc1nn(C)c(NC(=O)[C@H]2C[C@@H]2C)c1-c1ccc(Br)cc1. The van der Waals surface area contributed by atoms with Gasteiger partial charge in [-0.3, -0.25) is 9.48 Å². The molecule has 0 aliphatic heterocycles. The maximum Gasteiger partial charge on any atom is 0.228 e. The highest BCUT2D eigenvalue weighted by Gasteiger charge is 2.39. The Balaban J connectivity index is 1.96. The Kier molecular flexibility index (Phi) is 3.61. The zero-order valence-electron chi connectivity index (χ0n) is 12.4. The number of nitrogens with one attached hydrogen (secondary N) is 1. The van der Waals surface area contributed by atoms with Gasteiger partial charge in [0.2, 0.25) is 5.91 Å². The summed E-state index contributed by atoms with van der Waals surface area (Å²) in [6.07, 6.45) is 0.982. The second-order valence-electron chi connectivity index (χ2n) is 5.75. The highest BCUT2D eigenvalue weighted by atomic mass is 79.9. The number of benzene rings is 1. The van der Waals surface area contributed by atoms with Crippen LogP contribution >= 0.6 is 15.9 Å². The first-order valence-corrected chi connectivity index (χ1v) is 7.87. The summed E-state index contributed by atoms with van der Waals surface area (Å²) >= 11 is 3.44. The molecule has 1 heterocycles. The molecule has 0 radical (unpaired) electrons. The first-order chi connectivity index (χ1) is 9.97. The summed E-state index contributed by atoms with van der Waals surface area (Å²) < 4.78 is 2.78. The highest BCUT2D eigenvalue weighted by Crippen LogP contribution is 2.39. The molecule has 1 aromatic heterocycles. The normalized spacial score (nSPS) is 20.4. The van der Waals surface area contributed by atoms with Crippen molar-refractivity contribution in [2.75, 3.05) is 5.32 Å². The molecule has 0 unspecified atom stereocenters. The van der Waals surface area contributed by atoms with Crippen LogP contribution in [-0.4, -0.2) is 15.7 Å². The zero-order chi connectivity index (χ0) is 15.1. The van der Waals surface area contributed by atoms with Crippen molar-refractivity contribution in [1.29, 1.82) is 0 Å². The second kappa shape index (κ2) is 5.30. The van der Waals surface area contributed by atoms with Crippen LogP contribution in [0.25, 0.3) is 11.1 Å². The Bertz CT molecular complexity index is 690. The fraction of sp³-hybridized carbons (Fsp3) is 0.375. The lowest BCUT2D eigenvalue weighted by atomic mass is 10.1. The zero-order valence-corrected chi connectivity index (χ0v) is 13.9. The third-order valence-corrected chi connectivity index (χ3v) is 4.57. The van der Waals surface area contributed by atoms with Crippen molar-refractivity contribution >= 4 is 27.7 Å². The minimum Gasteiger partial charge on any atom is -0.310 e. The number of aryl methyl sites for hydroxylation is 2. The van der Waals surface area contributed by atoms with Gasteiger partial charge < -0.3 is 5.32 Å². The molecule has 21 heavy (non-hydrogen) atoms. The summed E-state index contributed by atoms with van der Waals surface area (Å²) in [5, 5.41) is 7.51. The number of amides is 1. The molecule has 1 fully saturated rings. The highest BCUT2D eigenvalue weighted by molar-refractivity contribution is 9.10. The molecule has 1 aliphatic carbocycles. The van der Waals surface area contributed by atoms with Crippen molar-refractivity contribution < 1.29 is 4.79 Å². The van der Waals surface area contributed by atoms with Crippen molar-refractivity contribution in [2.45, 2.75) is 20.3 Å². The summed E-state index contributed by atoms with van der Waals surface area (Å²) in [4.78, 5) is 12.2. The summed E-state index contributed by atoms with van der Waals surface area (Å²) in [6, 6.07) is 8.06. The Labute approximate surface area is 132 Å². The molecule has 1 N–H and O–H groups in total. The molecule has 4 nitrogen and oxygen atoms in total. The molecule has 2 atom stereocenters. The summed E-state index contributed by atoms with van der Waals surface area (Å²) in [6.45, 7) is 4.07. The molecule has 1 aromatic carbocycles. The number of hydrogen-bond donors (Lipinski definition) is 1. The van der Waals surface area contributed by atoms with Crippen molar-refractivity contribution in [2.24, 2.45) is 18.9 Å². The number of rotatable bonds is 3. The Morgan fingerprint density at radius 1 is 1.38 bits per heavy atom. The van der Waals surface area contributed by atoms with Gasteiger partial charge in [0.1, 0.15) is 5.82 Å². The molecule has 5 heteroatoms. The number of carbonyl (C=O) groups excluding carboxylic acids is 1. The molecule has 2 aromatic rings. The van der Waals surface area contributed by atoms with Crippen LogP contribution in [0.5, 0.6) is 0 Å². The number of aromatic nitrogens is 2. The third-order valence-electron chi connectivity index (χ3n) is 4.04. The van der Waals surface area contributed by atoms with E-state index in [-0.39, 0.29) is 11.8 Å². The van der Waals surface area contributed by atoms with Gasteiger partial charge in [-0.15, -0.1) is 0 Å². The van der Waals surface area contributed by atoms with E-state index < -0.39 is 0 Å². The van der Waals surface area contributed by atoms with Crippen LogP contribution in [0.1, 0.15) is 19.0 Å². The minimum atomic E-state index is 0.101. The first kappa shape index (κ1) is 14.3. The van der Waals surface area contributed by atoms with E-state index in [2.05, 4.69) is 33.3 Å². The van der Waals surface area contributed by atoms with Gasteiger partial charge >= 0.3 is 0 Å². The van der Waals surface area contributed by atoms with Gasteiger partial charge in [0, 0.05) is 23.0 Å². The maximum absolute atomic E-state index is 12.2. The van der Waals surface area contributed by atoms with Gasteiger partial charge in [-0.2, -0.15) is 5.10 Å². The van der Waals surface area contributed by atoms with E-state index in [0.717, 1.165) is 33.5 Å². The Morgan fingerprint density at radius 3 is 2.57 bits per heavy atom. The Morgan fingerprint density at radius 2 is 2.00 bits per heavy atom. The van der Waals surface area contributed by atoms with E-state index in [1.165, 1.54) is 0 Å².